The number of esters is 1. The van der Waals surface area contributed by atoms with Gasteiger partial charge in [-0.2, -0.15) is 0 Å². The summed E-state index contributed by atoms with van der Waals surface area (Å²) < 4.78 is 5.09. The molecule has 0 saturated carbocycles. The molecule has 5 N–H and O–H groups in total. The normalized spacial score (nSPS) is 13.8. The number of fused-ring (bicyclic) bond motifs is 1. The van der Waals surface area contributed by atoms with Crippen molar-refractivity contribution in [3.8, 4) is 0 Å². The Morgan fingerprint density at radius 2 is 1.76 bits per heavy atom. The summed E-state index contributed by atoms with van der Waals surface area (Å²) in [5.74, 6) is -0.649. The fourth-order valence-electron chi connectivity index (χ4n) is 3.83. The van der Waals surface area contributed by atoms with Gasteiger partial charge in [-0.3, -0.25) is 4.79 Å². The van der Waals surface area contributed by atoms with Crippen molar-refractivity contribution in [2.45, 2.75) is 13.5 Å². The number of carbonyl (C=O) groups is 2. The maximum Gasteiger partial charge on any atom is 0.338 e. The summed E-state index contributed by atoms with van der Waals surface area (Å²) in [7, 11) is 0. The Labute approximate surface area is 199 Å². The Morgan fingerprint density at radius 3 is 2.47 bits per heavy atom. The van der Waals surface area contributed by atoms with Gasteiger partial charge in [0.15, 0.2) is 0 Å². The highest BCUT2D eigenvalue weighted by molar-refractivity contribution is 6.37. The van der Waals surface area contributed by atoms with Crippen LogP contribution in [0, 0.1) is 0 Å². The third-order valence-corrected chi connectivity index (χ3v) is 5.46. The smallest absolute Gasteiger partial charge is 0.338 e. The number of rotatable bonds is 9. The molecule has 0 bridgehead atoms. The molecule has 0 unspecified atom stereocenters. The average molecular weight is 457 g/mol. The molecule has 1 heterocycles. The lowest BCUT2D eigenvalue weighted by molar-refractivity contribution is -0.110. The van der Waals surface area contributed by atoms with Crippen molar-refractivity contribution in [1.29, 1.82) is 0 Å². The van der Waals surface area contributed by atoms with Crippen LogP contribution in [0.4, 0.5) is 11.4 Å². The molecule has 3 aromatic carbocycles. The van der Waals surface area contributed by atoms with E-state index in [1.807, 2.05) is 54.6 Å². The summed E-state index contributed by atoms with van der Waals surface area (Å²) in [6, 6.07) is 22.9. The molecular weight excluding hydrogens is 428 g/mol. The van der Waals surface area contributed by atoms with Gasteiger partial charge in [0.25, 0.3) is 5.91 Å². The molecule has 3 aromatic rings. The maximum atomic E-state index is 13.1. The van der Waals surface area contributed by atoms with E-state index >= 15 is 0 Å². The van der Waals surface area contributed by atoms with Gasteiger partial charge in [0.2, 0.25) is 0 Å². The zero-order valence-electron chi connectivity index (χ0n) is 19.1. The van der Waals surface area contributed by atoms with Crippen LogP contribution in [0.5, 0.6) is 0 Å². The summed E-state index contributed by atoms with van der Waals surface area (Å²) in [5, 5.41) is 9.62. The Kier molecular flexibility index (Phi) is 7.37. The van der Waals surface area contributed by atoms with E-state index in [0.717, 1.165) is 35.5 Å². The first-order chi connectivity index (χ1) is 16.6. The van der Waals surface area contributed by atoms with E-state index in [1.165, 1.54) is 0 Å². The Bertz CT molecular complexity index is 1200. The molecule has 0 radical (unpaired) electrons. The molecule has 0 atom stereocenters. The van der Waals surface area contributed by atoms with Crippen molar-refractivity contribution in [1.82, 2.24) is 5.32 Å². The summed E-state index contributed by atoms with van der Waals surface area (Å²) in [6.45, 7) is 4.14. The Morgan fingerprint density at radius 1 is 1.00 bits per heavy atom. The zero-order chi connectivity index (χ0) is 23.9. The SMILES string of the molecule is CCOC(=O)c1ccc2c(c1)NC(=O)/C2=C(\Nc1ccc(CNCCN)cc1)c1ccccc1. The lowest BCUT2D eigenvalue weighted by Gasteiger charge is -2.15. The van der Waals surface area contributed by atoms with E-state index in [2.05, 4.69) is 16.0 Å². The number of hydrogen-bond donors (Lipinski definition) is 4. The average Bonchev–Trinajstić information content (AvgIpc) is 3.19. The Balaban J connectivity index is 1.70. The van der Waals surface area contributed by atoms with E-state index in [9.17, 15) is 9.59 Å². The largest absolute Gasteiger partial charge is 0.462 e. The quantitative estimate of drug-likeness (QED) is 0.222. The third kappa shape index (κ3) is 5.17. The molecule has 7 heteroatoms. The van der Waals surface area contributed by atoms with Gasteiger partial charge in [0.1, 0.15) is 0 Å². The van der Waals surface area contributed by atoms with Crippen LogP contribution in [-0.4, -0.2) is 31.6 Å². The number of nitrogens with one attached hydrogen (secondary N) is 3. The molecule has 1 aliphatic rings. The van der Waals surface area contributed by atoms with Gasteiger partial charge in [0, 0.05) is 30.9 Å². The minimum atomic E-state index is -0.417. The van der Waals surface area contributed by atoms with Gasteiger partial charge < -0.3 is 26.4 Å². The molecule has 1 aliphatic heterocycles. The molecule has 0 aliphatic carbocycles. The number of ether oxygens (including phenoxy) is 1. The molecule has 0 saturated heterocycles. The van der Waals surface area contributed by atoms with Gasteiger partial charge in [-0.1, -0.05) is 48.5 Å². The van der Waals surface area contributed by atoms with Crippen LogP contribution in [0.15, 0.2) is 72.8 Å². The molecule has 4 rings (SSSR count). The molecule has 0 aromatic heterocycles. The minimum absolute atomic E-state index is 0.232. The molecule has 34 heavy (non-hydrogen) atoms. The van der Waals surface area contributed by atoms with Crippen LogP contribution in [0.1, 0.15) is 34.0 Å². The van der Waals surface area contributed by atoms with Gasteiger partial charge in [-0.25, -0.2) is 4.79 Å². The summed E-state index contributed by atoms with van der Waals surface area (Å²) >= 11 is 0. The zero-order valence-corrected chi connectivity index (χ0v) is 19.1. The van der Waals surface area contributed by atoms with Crippen molar-refractivity contribution >= 4 is 34.5 Å². The fourth-order valence-corrected chi connectivity index (χ4v) is 3.83. The topological polar surface area (TPSA) is 105 Å². The van der Waals surface area contributed by atoms with Crippen LogP contribution < -0.4 is 21.7 Å². The van der Waals surface area contributed by atoms with Crippen LogP contribution in [0.2, 0.25) is 0 Å². The second kappa shape index (κ2) is 10.8. The minimum Gasteiger partial charge on any atom is -0.462 e. The predicted molar refractivity (Wildman–Crippen MR) is 135 cm³/mol. The molecule has 7 nitrogen and oxygen atoms in total. The first kappa shape index (κ1) is 23.2. The lowest BCUT2D eigenvalue weighted by atomic mass is 9.99. The van der Waals surface area contributed by atoms with Gasteiger partial charge in [0.05, 0.1) is 29.1 Å². The van der Waals surface area contributed by atoms with Crippen LogP contribution >= 0.6 is 0 Å². The second-order valence-electron chi connectivity index (χ2n) is 7.84. The second-order valence-corrected chi connectivity index (χ2v) is 7.84. The molecule has 1 amide bonds. The standard InChI is InChI=1S/C27H28N4O3/c1-2-34-27(33)20-10-13-22-23(16-20)31-26(32)24(22)25(19-6-4-3-5-7-19)30-21-11-8-18(9-12-21)17-29-15-14-28/h3-13,16,29-30H,2,14-15,17,28H2,1H3,(H,31,32)/b25-24-. The molecule has 0 fully saturated rings. The lowest BCUT2D eigenvalue weighted by Crippen LogP contribution is -2.21. The van der Waals surface area contributed by atoms with E-state index in [0.29, 0.717) is 29.1 Å². The van der Waals surface area contributed by atoms with E-state index in [-0.39, 0.29) is 12.5 Å². The Hall–Kier alpha value is -3.94. The van der Waals surface area contributed by atoms with Crippen molar-refractivity contribution in [2.24, 2.45) is 5.73 Å². The van der Waals surface area contributed by atoms with Crippen LogP contribution in [0.25, 0.3) is 11.3 Å². The molecule has 174 valence electrons. The molecular formula is C27H28N4O3. The highest BCUT2D eigenvalue weighted by Crippen LogP contribution is 2.38. The van der Waals surface area contributed by atoms with E-state index in [1.54, 1.807) is 25.1 Å². The maximum absolute atomic E-state index is 13.1. The summed E-state index contributed by atoms with van der Waals surface area (Å²) in [4.78, 5) is 25.2. The van der Waals surface area contributed by atoms with Crippen molar-refractivity contribution in [2.75, 3.05) is 30.3 Å². The summed E-state index contributed by atoms with van der Waals surface area (Å²) in [6.07, 6.45) is 0. The van der Waals surface area contributed by atoms with Gasteiger partial charge >= 0.3 is 5.97 Å². The van der Waals surface area contributed by atoms with Crippen LogP contribution in [-0.2, 0) is 16.1 Å². The van der Waals surface area contributed by atoms with Gasteiger partial charge in [-0.15, -0.1) is 0 Å². The van der Waals surface area contributed by atoms with Crippen LogP contribution in [0.3, 0.4) is 0 Å². The number of amides is 1. The molecule has 0 spiro atoms. The van der Waals surface area contributed by atoms with Crippen molar-refractivity contribution in [3.63, 3.8) is 0 Å². The number of nitrogens with two attached hydrogens (primary N) is 1. The van der Waals surface area contributed by atoms with Crippen molar-refractivity contribution < 1.29 is 14.3 Å². The van der Waals surface area contributed by atoms with Gasteiger partial charge in [-0.05, 0) is 42.3 Å². The predicted octanol–water partition coefficient (Wildman–Crippen LogP) is 3.84. The number of anilines is 2. The van der Waals surface area contributed by atoms with E-state index in [4.69, 9.17) is 10.5 Å². The highest BCUT2D eigenvalue weighted by Gasteiger charge is 2.29. The number of carbonyl (C=O) groups excluding carboxylic acids is 2. The monoisotopic (exact) mass is 456 g/mol. The number of benzene rings is 3. The summed E-state index contributed by atoms with van der Waals surface area (Å²) in [5.41, 5.74) is 11.3. The number of hydrogen-bond acceptors (Lipinski definition) is 6. The first-order valence-electron chi connectivity index (χ1n) is 11.3. The van der Waals surface area contributed by atoms with E-state index < -0.39 is 5.97 Å². The first-order valence-corrected chi connectivity index (χ1v) is 11.3. The highest BCUT2D eigenvalue weighted by atomic mass is 16.5. The fraction of sp³-hybridized carbons (Fsp3) is 0.185. The van der Waals surface area contributed by atoms with Crippen molar-refractivity contribution in [3.05, 3.63) is 95.1 Å². The third-order valence-electron chi connectivity index (χ3n) is 5.46.